The largest absolute Gasteiger partial charge is 0.409 e. The summed E-state index contributed by atoms with van der Waals surface area (Å²) in [5.74, 6) is -0.0118. The molecule has 14 heavy (non-hydrogen) atoms. The first-order chi connectivity index (χ1) is 6.60. The van der Waals surface area contributed by atoms with Crippen LogP contribution in [-0.2, 0) is 0 Å². The topological polar surface area (TPSA) is 82.1 Å². The van der Waals surface area contributed by atoms with E-state index in [0.717, 1.165) is 0 Å². The number of rotatable bonds is 7. The Balaban J connectivity index is 3.84. The van der Waals surface area contributed by atoms with Crippen LogP contribution in [0.1, 0.15) is 6.42 Å². The lowest BCUT2D eigenvalue weighted by atomic mass is 10.3. The Kier molecular flexibility index (Phi) is 6.95. The number of hydrogen-bond acceptors (Lipinski definition) is 4. The third-order valence-corrected chi connectivity index (χ3v) is 1.63. The van der Waals surface area contributed by atoms with Gasteiger partial charge in [-0.25, -0.2) is 8.78 Å². The Morgan fingerprint density at radius 1 is 1.43 bits per heavy atom. The van der Waals surface area contributed by atoms with Crippen LogP contribution < -0.4 is 5.73 Å². The Hall–Kier alpha value is -0.950. The molecule has 0 aliphatic heterocycles. The quantitative estimate of drug-likeness (QED) is 0.233. The van der Waals surface area contributed by atoms with Gasteiger partial charge in [-0.1, -0.05) is 5.16 Å². The maximum Gasteiger partial charge on any atom is 0.251 e. The van der Waals surface area contributed by atoms with E-state index in [1.165, 1.54) is 4.90 Å². The fraction of sp³-hybridized carbons (Fsp3) is 0.857. The number of nitrogens with zero attached hydrogens (tertiary/aromatic N) is 2. The summed E-state index contributed by atoms with van der Waals surface area (Å²) >= 11 is 0. The van der Waals surface area contributed by atoms with Gasteiger partial charge in [0.05, 0.1) is 13.2 Å². The molecule has 0 saturated carbocycles. The zero-order chi connectivity index (χ0) is 11.0. The normalized spacial score (nSPS) is 12.8. The van der Waals surface area contributed by atoms with E-state index in [0.29, 0.717) is 0 Å². The summed E-state index contributed by atoms with van der Waals surface area (Å²) in [6.45, 7) is -0.216. The number of amidine groups is 1. The summed E-state index contributed by atoms with van der Waals surface area (Å²) < 4.78 is 24.0. The molecule has 0 atom stereocenters. The molecule has 0 radical (unpaired) electrons. The van der Waals surface area contributed by atoms with Gasteiger partial charge in [0.1, 0.15) is 5.84 Å². The van der Waals surface area contributed by atoms with Crippen molar-refractivity contribution in [1.82, 2.24) is 4.90 Å². The smallest absolute Gasteiger partial charge is 0.251 e. The van der Waals surface area contributed by atoms with Crippen LogP contribution >= 0.6 is 0 Å². The molecule has 5 nitrogen and oxygen atoms in total. The summed E-state index contributed by atoms with van der Waals surface area (Å²) in [6.07, 6.45) is -2.25. The summed E-state index contributed by atoms with van der Waals surface area (Å²) in [6, 6.07) is 0. The van der Waals surface area contributed by atoms with Crippen LogP contribution in [0.15, 0.2) is 5.16 Å². The second-order valence-electron chi connectivity index (χ2n) is 2.76. The highest BCUT2D eigenvalue weighted by Crippen LogP contribution is 1.99. The molecule has 0 rings (SSSR count). The molecule has 0 saturated heterocycles. The van der Waals surface area contributed by atoms with Gasteiger partial charge in [-0.05, 0) is 0 Å². The maximum absolute atomic E-state index is 12.0. The number of halogens is 2. The fourth-order valence-corrected chi connectivity index (χ4v) is 0.954. The van der Waals surface area contributed by atoms with Crippen molar-refractivity contribution in [2.75, 3.05) is 26.2 Å². The van der Waals surface area contributed by atoms with Crippen molar-refractivity contribution in [2.24, 2.45) is 10.9 Å². The van der Waals surface area contributed by atoms with Crippen molar-refractivity contribution >= 4 is 5.84 Å². The number of aliphatic hydroxyl groups excluding tert-OH is 1. The Bertz CT molecular complexity index is 178. The predicted molar refractivity (Wildman–Crippen MR) is 47.6 cm³/mol. The molecule has 0 heterocycles. The lowest BCUT2D eigenvalue weighted by molar-refractivity contribution is 0.0797. The SMILES string of the molecule is NC(CCN(CCO)CC(F)F)=NO. The lowest BCUT2D eigenvalue weighted by Gasteiger charge is -2.19. The minimum Gasteiger partial charge on any atom is -0.409 e. The zero-order valence-electron chi connectivity index (χ0n) is 7.74. The standard InChI is InChI=1S/C7H15F2N3O2/c8-6(9)5-12(3-4-13)2-1-7(10)11-14/h6,13-14H,1-5H2,(H2,10,11). The molecule has 7 heteroatoms. The van der Waals surface area contributed by atoms with Crippen LogP contribution in [0.4, 0.5) is 8.78 Å². The van der Waals surface area contributed by atoms with Crippen LogP contribution in [0.25, 0.3) is 0 Å². The van der Waals surface area contributed by atoms with Gasteiger partial charge in [0.2, 0.25) is 0 Å². The van der Waals surface area contributed by atoms with Crippen molar-refractivity contribution < 1.29 is 19.1 Å². The molecule has 0 spiro atoms. The molecule has 0 aliphatic rings. The van der Waals surface area contributed by atoms with Crippen LogP contribution in [0, 0.1) is 0 Å². The summed E-state index contributed by atoms with van der Waals surface area (Å²) in [5, 5.41) is 19.5. The first-order valence-electron chi connectivity index (χ1n) is 4.18. The monoisotopic (exact) mass is 211 g/mol. The summed E-state index contributed by atoms with van der Waals surface area (Å²) in [5.41, 5.74) is 5.17. The zero-order valence-corrected chi connectivity index (χ0v) is 7.74. The van der Waals surface area contributed by atoms with Gasteiger partial charge in [0, 0.05) is 19.5 Å². The minimum atomic E-state index is -2.45. The molecule has 4 N–H and O–H groups in total. The second kappa shape index (κ2) is 7.45. The van der Waals surface area contributed by atoms with Crippen molar-refractivity contribution in [2.45, 2.75) is 12.8 Å². The highest BCUT2D eigenvalue weighted by Gasteiger charge is 2.11. The molecular formula is C7H15F2N3O2. The van der Waals surface area contributed by atoms with Crippen LogP contribution in [0.3, 0.4) is 0 Å². The van der Waals surface area contributed by atoms with Crippen molar-refractivity contribution in [1.29, 1.82) is 0 Å². The molecule has 0 aromatic carbocycles. The number of aliphatic hydroxyl groups is 1. The van der Waals surface area contributed by atoms with Gasteiger partial charge in [-0.2, -0.15) is 0 Å². The van der Waals surface area contributed by atoms with E-state index in [1.54, 1.807) is 0 Å². The number of oxime groups is 1. The third kappa shape index (κ3) is 6.55. The minimum absolute atomic E-state index is 0.0118. The van der Waals surface area contributed by atoms with Gasteiger partial charge in [-0.15, -0.1) is 0 Å². The van der Waals surface area contributed by atoms with E-state index in [2.05, 4.69) is 5.16 Å². The molecular weight excluding hydrogens is 196 g/mol. The van der Waals surface area contributed by atoms with E-state index in [9.17, 15) is 8.78 Å². The van der Waals surface area contributed by atoms with Gasteiger partial charge < -0.3 is 16.0 Å². The first-order valence-corrected chi connectivity index (χ1v) is 4.18. The molecule has 0 aliphatic carbocycles. The average molecular weight is 211 g/mol. The highest BCUT2D eigenvalue weighted by molar-refractivity contribution is 5.79. The molecule has 0 aromatic heterocycles. The van der Waals surface area contributed by atoms with E-state index in [1.807, 2.05) is 0 Å². The number of nitrogens with two attached hydrogens (primary N) is 1. The highest BCUT2D eigenvalue weighted by atomic mass is 19.3. The van der Waals surface area contributed by atoms with Gasteiger partial charge in [0.25, 0.3) is 6.43 Å². The van der Waals surface area contributed by atoms with Gasteiger partial charge in [-0.3, -0.25) is 4.90 Å². The predicted octanol–water partition coefficient (Wildman–Crippen LogP) is -0.318. The van der Waals surface area contributed by atoms with Gasteiger partial charge in [0.15, 0.2) is 0 Å². The molecule has 84 valence electrons. The molecule has 0 bridgehead atoms. The van der Waals surface area contributed by atoms with Crippen molar-refractivity contribution in [3.05, 3.63) is 0 Å². The number of hydrogen-bond donors (Lipinski definition) is 3. The first kappa shape index (κ1) is 13.1. The summed E-state index contributed by atoms with van der Waals surface area (Å²) in [7, 11) is 0. The van der Waals surface area contributed by atoms with Gasteiger partial charge >= 0.3 is 0 Å². The Labute approximate surface area is 80.8 Å². The Morgan fingerprint density at radius 2 is 2.07 bits per heavy atom. The van der Waals surface area contributed by atoms with E-state index < -0.39 is 13.0 Å². The van der Waals surface area contributed by atoms with Crippen LogP contribution in [0.2, 0.25) is 0 Å². The van der Waals surface area contributed by atoms with E-state index >= 15 is 0 Å². The number of alkyl halides is 2. The molecule has 0 amide bonds. The van der Waals surface area contributed by atoms with E-state index in [4.69, 9.17) is 16.0 Å². The Morgan fingerprint density at radius 3 is 2.50 bits per heavy atom. The third-order valence-electron chi connectivity index (χ3n) is 1.63. The van der Waals surface area contributed by atoms with Crippen molar-refractivity contribution in [3.8, 4) is 0 Å². The average Bonchev–Trinajstić information content (AvgIpc) is 2.13. The van der Waals surface area contributed by atoms with E-state index in [-0.39, 0.29) is 32.0 Å². The second-order valence-corrected chi connectivity index (χ2v) is 2.76. The molecule has 0 aromatic rings. The fourth-order valence-electron chi connectivity index (χ4n) is 0.954. The molecule has 0 unspecified atom stereocenters. The maximum atomic E-state index is 12.0. The lowest BCUT2D eigenvalue weighted by Crippen LogP contribution is -2.34. The van der Waals surface area contributed by atoms with Crippen LogP contribution in [0.5, 0.6) is 0 Å². The van der Waals surface area contributed by atoms with Crippen LogP contribution in [-0.4, -0.2) is 53.7 Å². The molecule has 0 fully saturated rings. The van der Waals surface area contributed by atoms with Crippen molar-refractivity contribution in [3.63, 3.8) is 0 Å². The summed E-state index contributed by atoms with van der Waals surface area (Å²) in [4.78, 5) is 1.35.